The first-order valence-electron chi connectivity index (χ1n) is 9.41. The number of nitrogens with zero attached hydrogens (tertiary/aromatic N) is 4. The average molecular weight is 375 g/mol. The molecule has 28 heavy (non-hydrogen) atoms. The lowest BCUT2D eigenvalue weighted by Gasteiger charge is -2.07. The molecule has 0 saturated heterocycles. The fourth-order valence-corrected chi connectivity index (χ4v) is 3.39. The van der Waals surface area contributed by atoms with Gasteiger partial charge in [0.25, 0.3) is 0 Å². The van der Waals surface area contributed by atoms with Gasteiger partial charge in [-0.1, -0.05) is 18.2 Å². The molecule has 1 N–H and O–H groups in total. The number of hydrogen-bond donors (Lipinski definition) is 1. The Bertz CT molecular complexity index is 981. The van der Waals surface area contributed by atoms with Crippen LogP contribution >= 0.6 is 0 Å². The second-order valence-corrected chi connectivity index (χ2v) is 6.90. The van der Waals surface area contributed by atoms with Gasteiger partial charge in [-0.15, -0.1) is 0 Å². The fourth-order valence-electron chi connectivity index (χ4n) is 3.39. The molecule has 0 radical (unpaired) electrons. The quantitative estimate of drug-likeness (QED) is 0.641. The van der Waals surface area contributed by atoms with E-state index in [1.807, 2.05) is 30.3 Å². The molecule has 1 aliphatic rings. The van der Waals surface area contributed by atoms with Crippen LogP contribution in [0.15, 0.2) is 49.2 Å². The lowest BCUT2D eigenvalue weighted by molar-refractivity contribution is -0.121. The third kappa shape index (κ3) is 4.14. The third-order valence-corrected chi connectivity index (χ3v) is 4.95. The maximum atomic E-state index is 12.4. The van der Waals surface area contributed by atoms with Crippen LogP contribution in [0.1, 0.15) is 46.3 Å². The first-order chi connectivity index (χ1) is 13.7. The topological polar surface area (TPSA) is 89.8 Å². The van der Waals surface area contributed by atoms with Crippen LogP contribution in [0.2, 0.25) is 0 Å². The highest BCUT2D eigenvalue weighted by Crippen LogP contribution is 2.23. The summed E-state index contributed by atoms with van der Waals surface area (Å²) < 4.78 is 1.56. The Balaban J connectivity index is 1.25. The van der Waals surface area contributed by atoms with Crippen molar-refractivity contribution in [3.05, 3.63) is 71.4 Å². The second kappa shape index (κ2) is 8.12. The summed E-state index contributed by atoms with van der Waals surface area (Å²) in [4.78, 5) is 32.6. The molecule has 0 fully saturated rings. The van der Waals surface area contributed by atoms with Crippen LogP contribution in [0.3, 0.4) is 0 Å². The molecule has 0 unspecified atom stereocenters. The molecule has 2 aromatic heterocycles. The predicted octanol–water partition coefficient (Wildman–Crippen LogP) is 2.43. The van der Waals surface area contributed by atoms with Crippen LogP contribution in [0.25, 0.3) is 5.82 Å². The number of hydrogen-bond acceptors (Lipinski definition) is 5. The van der Waals surface area contributed by atoms with E-state index >= 15 is 0 Å². The summed E-state index contributed by atoms with van der Waals surface area (Å²) in [6.07, 6.45) is 8.40. The molecule has 7 nitrogen and oxygen atoms in total. The molecule has 1 amide bonds. The third-order valence-electron chi connectivity index (χ3n) is 4.95. The number of carbonyl (C=O) groups excluding carboxylic acids is 2. The van der Waals surface area contributed by atoms with Crippen molar-refractivity contribution in [2.75, 3.05) is 0 Å². The molecule has 4 rings (SSSR count). The van der Waals surface area contributed by atoms with E-state index in [0.29, 0.717) is 17.9 Å². The van der Waals surface area contributed by atoms with E-state index < -0.39 is 0 Å². The minimum Gasteiger partial charge on any atom is -0.352 e. The van der Waals surface area contributed by atoms with Gasteiger partial charge in [-0.25, -0.2) is 14.6 Å². The molecule has 0 saturated carbocycles. The first kappa shape index (κ1) is 18.0. The van der Waals surface area contributed by atoms with Gasteiger partial charge in [0.2, 0.25) is 5.91 Å². The normalized spacial score (nSPS) is 12.6. The molecule has 2 heterocycles. The van der Waals surface area contributed by atoms with E-state index in [0.717, 1.165) is 24.8 Å². The van der Waals surface area contributed by atoms with Gasteiger partial charge in [0, 0.05) is 31.1 Å². The number of ketones is 1. The highest BCUT2D eigenvalue weighted by atomic mass is 16.2. The molecule has 7 heteroatoms. The monoisotopic (exact) mass is 375 g/mol. The Morgan fingerprint density at radius 2 is 1.96 bits per heavy atom. The average Bonchev–Trinajstić information content (AvgIpc) is 3.42. The maximum Gasteiger partial charge on any atom is 0.220 e. The number of rotatable bonds is 7. The zero-order valence-electron chi connectivity index (χ0n) is 15.5. The largest absolute Gasteiger partial charge is 0.352 e. The number of fused-ring (bicyclic) bond motifs is 1. The molecule has 0 spiro atoms. The lowest BCUT2D eigenvalue weighted by atomic mass is 10.0. The van der Waals surface area contributed by atoms with Gasteiger partial charge in [0.05, 0.1) is 0 Å². The summed E-state index contributed by atoms with van der Waals surface area (Å²) in [7, 11) is 0. The van der Waals surface area contributed by atoms with Gasteiger partial charge in [0.15, 0.2) is 11.6 Å². The van der Waals surface area contributed by atoms with Crippen molar-refractivity contribution in [2.24, 2.45) is 0 Å². The Kier molecular flexibility index (Phi) is 5.23. The maximum absolute atomic E-state index is 12.4. The van der Waals surface area contributed by atoms with Crippen molar-refractivity contribution < 1.29 is 9.59 Å². The molecule has 1 aliphatic carbocycles. The summed E-state index contributed by atoms with van der Waals surface area (Å²) in [6, 6.07) is 9.61. The summed E-state index contributed by atoms with van der Waals surface area (Å²) in [5, 5.41) is 6.85. The first-order valence-corrected chi connectivity index (χ1v) is 9.41. The molecule has 1 aromatic carbocycles. The van der Waals surface area contributed by atoms with Crippen LogP contribution in [0.5, 0.6) is 0 Å². The summed E-state index contributed by atoms with van der Waals surface area (Å²) >= 11 is 0. The van der Waals surface area contributed by atoms with E-state index in [1.54, 1.807) is 17.2 Å². The van der Waals surface area contributed by atoms with Crippen molar-refractivity contribution in [3.8, 4) is 5.82 Å². The molecular weight excluding hydrogens is 354 g/mol. The van der Waals surface area contributed by atoms with Crippen LogP contribution in [-0.4, -0.2) is 31.4 Å². The number of Topliss-reactive ketones (excluding diaryl/α,β-unsaturated/α-hetero) is 1. The van der Waals surface area contributed by atoms with Crippen molar-refractivity contribution in [1.82, 2.24) is 25.1 Å². The molecule has 0 atom stereocenters. The van der Waals surface area contributed by atoms with Crippen LogP contribution in [0, 0.1) is 0 Å². The number of amides is 1. The minimum absolute atomic E-state index is 0.0173. The molecular formula is C21H21N5O2. The number of carbonyl (C=O) groups is 2. The number of nitrogens with one attached hydrogen (secondary N) is 1. The van der Waals surface area contributed by atoms with Crippen molar-refractivity contribution in [3.63, 3.8) is 0 Å². The Morgan fingerprint density at radius 1 is 1.07 bits per heavy atom. The Morgan fingerprint density at radius 3 is 2.75 bits per heavy atom. The van der Waals surface area contributed by atoms with Crippen molar-refractivity contribution in [2.45, 2.75) is 38.6 Å². The summed E-state index contributed by atoms with van der Waals surface area (Å²) in [5.41, 5.74) is 4.21. The summed E-state index contributed by atoms with van der Waals surface area (Å²) in [5.74, 6) is 0.533. The molecule has 3 aromatic rings. The zero-order valence-corrected chi connectivity index (χ0v) is 15.5. The van der Waals surface area contributed by atoms with E-state index in [4.69, 9.17) is 0 Å². The van der Waals surface area contributed by atoms with Crippen LogP contribution < -0.4 is 5.32 Å². The molecule has 0 bridgehead atoms. The second-order valence-electron chi connectivity index (χ2n) is 6.90. The van der Waals surface area contributed by atoms with Crippen molar-refractivity contribution in [1.29, 1.82) is 0 Å². The van der Waals surface area contributed by atoms with Gasteiger partial charge in [-0.3, -0.25) is 9.59 Å². The van der Waals surface area contributed by atoms with E-state index in [-0.39, 0.29) is 24.5 Å². The number of benzene rings is 1. The SMILES string of the molecule is O=C(CCC(=O)c1ccc2c(c1)CCC2)NCc1ccc(-n2cncn2)nc1. The van der Waals surface area contributed by atoms with Gasteiger partial charge in [-0.05, 0) is 48.1 Å². The van der Waals surface area contributed by atoms with Gasteiger partial charge in [0.1, 0.15) is 12.7 Å². The fraction of sp³-hybridized carbons (Fsp3) is 0.286. The van der Waals surface area contributed by atoms with Gasteiger partial charge >= 0.3 is 0 Å². The van der Waals surface area contributed by atoms with Crippen LogP contribution in [0.4, 0.5) is 0 Å². The van der Waals surface area contributed by atoms with Crippen molar-refractivity contribution >= 4 is 11.7 Å². The van der Waals surface area contributed by atoms with E-state index in [1.165, 1.54) is 17.5 Å². The van der Waals surface area contributed by atoms with Gasteiger partial charge < -0.3 is 5.32 Å². The molecule has 142 valence electrons. The highest BCUT2D eigenvalue weighted by Gasteiger charge is 2.15. The number of aromatic nitrogens is 4. The Labute approximate surface area is 162 Å². The minimum atomic E-state index is -0.144. The summed E-state index contributed by atoms with van der Waals surface area (Å²) in [6.45, 7) is 0.372. The zero-order chi connectivity index (χ0) is 19.3. The van der Waals surface area contributed by atoms with Gasteiger partial charge in [-0.2, -0.15) is 5.10 Å². The standard InChI is InChI=1S/C21H21N5O2/c27-19(18-6-5-16-2-1-3-17(16)10-18)7-9-21(28)24-12-15-4-8-20(23-11-15)26-14-22-13-25-26/h4-6,8,10-11,13-14H,1-3,7,9,12H2,(H,24,28). The highest BCUT2D eigenvalue weighted by molar-refractivity contribution is 5.98. The smallest absolute Gasteiger partial charge is 0.220 e. The number of pyridine rings is 1. The Hall–Kier alpha value is -3.35. The lowest BCUT2D eigenvalue weighted by Crippen LogP contribution is -2.23. The number of aryl methyl sites for hydroxylation is 2. The molecule has 0 aliphatic heterocycles. The van der Waals surface area contributed by atoms with E-state index in [2.05, 4.69) is 20.4 Å². The van der Waals surface area contributed by atoms with Crippen LogP contribution in [-0.2, 0) is 24.2 Å². The van der Waals surface area contributed by atoms with E-state index in [9.17, 15) is 9.59 Å². The predicted molar refractivity (Wildman–Crippen MR) is 103 cm³/mol.